The van der Waals surface area contributed by atoms with Crippen LogP contribution in [-0.2, 0) is 12.6 Å². The Morgan fingerprint density at radius 2 is 1.80 bits per heavy atom. The number of hydrogen-bond donors (Lipinski definition) is 2. The summed E-state index contributed by atoms with van der Waals surface area (Å²) in [6.07, 6.45) is 1.66. The maximum Gasteiger partial charge on any atom is 0.287 e. The molecular formula is C28H30N2O5. The molecule has 0 fully saturated rings. The topological polar surface area (TPSA) is 93.7 Å². The number of rotatable bonds is 6. The third-order valence-electron chi connectivity index (χ3n) is 6.01. The Kier molecular flexibility index (Phi) is 6.30. The number of pyridine rings is 1. The zero-order chi connectivity index (χ0) is 25.5. The van der Waals surface area contributed by atoms with E-state index in [0.29, 0.717) is 29.0 Å². The standard InChI is InChI=1S/C28H30N2O5/c1-7-29-26(31)23-14-20-25(35-23)21(15-30(6)27(20)32)19-13-18(28(4,5)33)11-12-22(19)34-24-16(2)9-8-10-17(24)3/h8-15,33H,7H2,1-6H3,(H,29,31). The van der Waals surface area contributed by atoms with Crippen molar-refractivity contribution in [2.24, 2.45) is 7.05 Å². The number of hydrogen-bond acceptors (Lipinski definition) is 5. The van der Waals surface area contributed by atoms with Gasteiger partial charge in [0.05, 0.1) is 11.0 Å². The lowest BCUT2D eigenvalue weighted by molar-refractivity contribution is 0.0786. The first-order valence-corrected chi connectivity index (χ1v) is 11.5. The molecule has 7 heteroatoms. The molecular weight excluding hydrogens is 444 g/mol. The van der Waals surface area contributed by atoms with Crippen LogP contribution in [0.1, 0.15) is 48.0 Å². The van der Waals surface area contributed by atoms with E-state index in [2.05, 4.69) is 5.32 Å². The molecule has 0 aliphatic carbocycles. The zero-order valence-corrected chi connectivity index (χ0v) is 20.9. The highest BCUT2D eigenvalue weighted by Crippen LogP contribution is 2.41. The minimum atomic E-state index is -1.11. The fourth-order valence-corrected chi connectivity index (χ4v) is 4.08. The Labute approximate surface area is 204 Å². The molecule has 0 bridgehead atoms. The molecule has 0 atom stereocenters. The van der Waals surface area contributed by atoms with Crippen molar-refractivity contribution in [3.8, 4) is 22.6 Å². The predicted molar refractivity (Wildman–Crippen MR) is 136 cm³/mol. The molecule has 0 saturated heterocycles. The molecule has 0 aliphatic rings. The van der Waals surface area contributed by atoms with Gasteiger partial charge in [0, 0.05) is 37.0 Å². The number of amides is 1. The molecule has 0 radical (unpaired) electrons. The van der Waals surface area contributed by atoms with E-state index in [9.17, 15) is 14.7 Å². The van der Waals surface area contributed by atoms with Gasteiger partial charge in [0.15, 0.2) is 5.76 Å². The van der Waals surface area contributed by atoms with Gasteiger partial charge >= 0.3 is 0 Å². The van der Waals surface area contributed by atoms with E-state index in [1.165, 1.54) is 10.6 Å². The Bertz CT molecular complexity index is 1470. The first kappa shape index (κ1) is 24.3. The fourth-order valence-electron chi connectivity index (χ4n) is 4.08. The number of aliphatic hydroxyl groups is 1. The zero-order valence-electron chi connectivity index (χ0n) is 20.9. The van der Waals surface area contributed by atoms with Gasteiger partial charge in [-0.2, -0.15) is 0 Å². The lowest BCUT2D eigenvalue weighted by Gasteiger charge is -2.21. The van der Waals surface area contributed by atoms with Crippen molar-refractivity contribution >= 4 is 16.9 Å². The summed E-state index contributed by atoms with van der Waals surface area (Å²) in [5.41, 5.74) is 2.72. The number of para-hydroxylation sites is 1. The third-order valence-corrected chi connectivity index (χ3v) is 6.01. The average Bonchev–Trinajstić information content (AvgIpc) is 3.24. The minimum absolute atomic E-state index is 0.0576. The van der Waals surface area contributed by atoms with Crippen LogP contribution in [0.15, 0.2) is 57.9 Å². The predicted octanol–water partition coefficient (Wildman–Crippen LogP) is 5.18. The number of ether oxygens (including phenoxy) is 1. The van der Waals surface area contributed by atoms with Crippen LogP contribution in [-0.4, -0.2) is 22.1 Å². The second kappa shape index (κ2) is 9.07. The Balaban J connectivity index is 2.00. The van der Waals surface area contributed by atoms with Gasteiger partial charge in [-0.05, 0) is 63.4 Å². The van der Waals surface area contributed by atoms with Crippen LogP contribution in [0.25, 0.3) is 22.1 Å². The molecule has 4 rings (SSSR count). The lowest BCUT2D eigenvalue weighted by Crippen LogP contribution is -2.22. The molecule has 0 spiro atoms. The largest absolute Gasteiger partial charge is 0.456 e. The molecule has 2 N–H and O–H groups in total. The van der Waals surface area contributed by atoms with Crippen LogP contribution in [0.4, 0.5) is 0 Å². The van der Waals surface area contributed by atoms with Gasteiger partial charge in [-0.25, -0.2) is 0 Å². The first-order valence-electron chi connectivity index (χ1n) is 11.5. The minimum Gasteiger partial charge on any atom is -0.456 e. The van der Waals surface area contributed by atoms with Crippen LogP contribution in [0, 0.1) is 13.8 Å². The quantitative estimate of drug-likeness (QED) is 0.401. The van der Waals surface area contributed by atoms with Crippen LogP contribution >= 0.6 is 0 Å². The molecule has 4 aromatic rings. The Hall–Kier alpha value is -3.84. The first-order chi connectivity index (χ1) is 16.5. The van der Waals surface area contributed by atoms with Crippen LogP contribution in [0.3, 0.4) is 0 Å². The SMILES string of the molecule is CCNC(=O)c1cc2c(=O)n(C)cc(-c3cc(C(C)(C)O)ccc3Oc3c(C)cccc3C)c2o1. The monoisotopic (exact) mass is 474 g/mol. The number of nitrogens with one attached hydrogen (secondary N) is 1. The Morgan fingerprint density at radius 3 is 2.43 bits per heavy atom. The highest BCUT2D eigenvalue weighted by Gasteiger charge is 2.24. The second-order valence-electron chi connectivity index (χ2n) is 9.26. The van der Waals surface area contributed by atoms with Gasteiger partial charge in [-0.15, -0.1) is 0 Å². The summed E-state index contributed by atoms with van der Waals surface area (Å²) in [6.45, 7) is 9.60. The van der Waals surface area contributed by atoms with Gasteiger partial charge in [0.1, 0.15) is 17.1 Å². The average molecular weight is 475 g/mol. The number of aryl methyl sites for hydroxylation is 3. The highest BCUT2D eigenvalue weighted by atomic mass is 16.5. The molecule has 7 nitrogen and oxygen atoms in total. The summed E-state index contributed by atoms with van der Waals surface area (Å²) in [7, 11) is 1.65. The van der Waals surface area contributed by atoms with Crippen molar-refractivity contribution in [1.82, 2.24) is 9.88 Å². The summed E-state index contributed by atoms with van der Waals surface area (Å²) in [6, 6.07) is 12.8. The van der Waals surface area contributed by atoms with Crippen molar-refractivity contribution < 1.29 is 19.1 Å². The number of fused-ring (bicyclic) bond motifs is 1. The summed E-state index contributed by atoms with van der Waals surface area (Å²) >= 11 is 0. The number of furan rings is 1. The number of carbonyl (C=O) groups is 1. The molecule has 0 aliphatic heterocycles. The maximum absolute atomic E-state index is 12.9. The molecule has 2 aromatic carbocycles. The third kappa shape index (κ3) is 4.59. The van der Waals surface area contributed by atoms with Crippen molar-refractivity contribution in [2.75, 3.05) is 6.54 Å². The van der Waals surface area contributed by atoms with Gasteiger partial charge in [-0.3, -0.25) is 9.59 Å². The molecule has 182 valence electrons. The van der Waals surface area contributed by atoms with E-state index in [1.807, 2.05) is 51.1 Å². The van der Waals surface area contributed by atoms with E-state index in [4.69, 9.17) is 9.15 Å². The van der Waals surface area contributed by atoms with Crippen molar-refractivity contribution in [2.45, 2.75) is 40.2 Å². The number of benzene rings is 2. The molecule has 0 unspecified atom stereocenters. The van der Waals surface area contributed by atoms with E-state index < -0.39 is 11.5 Å². The second-order valence-corrected chi connectivity index (χ2v) is 9.26. The summed E-state index contributed by atoms with van der Waals surface area (Å²) < 4.78 is 13.8. The maximum atomic E-state index is 12.9. The van der Waals surface area contributed by atoms with Gasteiger partial charge in [0.25, 0.3) is 11.5 Å². The van der Waals surface area contributed by atoms with Crippen molar-refractivity contribution in [1.29, 1.82) is 0 Å². The number of aromatic nitrogens is 1. The van der Waals surface area contributed by atoms with E-state index in [-0.39, 0.29) is 22.3 Å². The lowest BCUT2D eigenvalue weighted by atomic mass is 9.93. The van der Waals surface area contributed by atoms with Crippen molar-refractivity contribution in [3.63, 3.8) is 0 Å². The summed E-state index contributed by atoms with van der Waals surface area (Å²) in [5, 5.41) is 13.7. The Morgan fingerprint density at radius 1 is 1.11 bits per heavy atom. The highest BCUT2D eigenvalue weighted by molar-refractivity contribution is 6.00. The van der Waals surface area contributed by atoms with Crippen LogP contribution in [0.5, 0.6) is 11.5 Å². The fraction of sp³-hybridized carbons (Fsp3) is 0.286. The number of nitrogens with zero attached hydrogens (tertiary/aromatic N) is 1. The normalized spacial score (nSPS) is 11.6. The van der Waals surface area contributed by atoms with E-state index >= 15 is 0 Å². The summed E-state index contributed by atoms with van der Waals surface area (Å²) in [4.78, 5) is 25.4. The van der Waals surface area contributed by atoms with Gasteiger partial charge in [-0.1, -0.05) is 24.3 Å². The smallest absolute Gasteiger partial charge is 0.287 e. The van der Waals surface area contributed by atoms with Gasteiger partial charge in [0.2, 0.25) is 0 Å². The molecule has 2 heterocycles. The van der Waals surface area contributed by atoms with Crippen molar-refractivity contribution in [3.05, 3.63) is 81.5 Å². The van der Waals surface area contributed by atoms with E-state index in [0.717, 1.165) is 16.9 Å². The molecule has 1 amide bonds. The molecule has 2 aromatic heterocycles. The van der Waals surface area contributed by atoms with Crippen LogP contribution in [0.2, 0.25) is 0 Å². The van der Waals surface area contributed by atoms with Gasteiger partial charge < -0.3 is 24.1 Å². The molecule has 0 saturated carbocycles. The summed E-state index contributed by atoms with van der Waals surface area (Å²) in [5.74, 6) is 0.927. The number of carbonyl (C=O) groups excluding carboxylic acids is 1. The molecule has 35 heavy (non-hydrogen) atoms. The van der Waals surface area contributed by atoms with Crippen LogP contribution < -0.4 is 15.6 Å². The van der Waals surface area contributed by atoms with E-state index in [1.54, 1.807) is 33.2 Å².